The van der Waals surface area contributed by atoms with Gasteiger partial charge in [-0.3, -0.25) is 0 Å². The first-order chi connectivity index (χ1) is 6.86. The Kier molecular flexibility index (Phi) is 2.40. The summed E-state index contributed by atoms with van der Waals surface area (Å²) in [7, 11) is 0. The largest absolute Gasteiger partial charge is 0.488 e. The monoisotopic (exact) mass is 186 g/mol. The van der Waals surface area contributed by atoms with E-state index >= 15 is 0 Å². The van der Waals surface area contributed by atoms with Crippen LogP contribution < -0.4 is 4.74 Å². The molecule has 0 amide bonds. The number of fused-ring (bicyclic) bond motifs is 1. The summed E-state index contributed by atoms with van der Waals surface area (Å²) in [6.45, 7) is 4.81. The molecule has 0 bridgehead atoms. The molecule has 0 N–H and O–H groups in total. The molecule has 0 aromatic heterocycles. The average molecular weight is 186 g/mol. The third-order valence-electron chi connectivity index (χ3n) is 2.54. The fourth-order valence-corrected chi connectivity index (χ4v) is 1.80. The minimum Gasteiger partial charge on any atom is -0.488 e. The van der Waals surface area contributed by atoms with Crippen LogP contribution >= 0.6 is 0 Å². The molecular formula is C13H14O. The molecule has 1 aliphatic rings. The van der Waals surface area contributed by atoms with Gasteiger partial charge in [0.1, 0.15) is 12.4 Å². The van der Waals surface area contributed by atoms with Crippen LogP contribution in [0.4, 0.5) is 0 Å². The van der Waals surface area contributed by atoms with E-state index in [9.17, 15) is 0 Å². The van der Waals surface area contributed by atoms with Gasteiger partial charge in [-0.25, -0.2) is 0 Å². The van der Waals surface area contributed by atoms with E-state index in [2.05, 4.69) is 32.1 Å². The molecule has 1 aliphatic heterocycles. The van der Waals surface area contributed by atoms with E-state index in [-0.39, 0.29) is 0 Å². The minimum atomic E-state index is 0.688. The van der Waals surface area contributed by atoms with Crippen LogP contribution in [-0.2, 0) is 0 Å². The third kappa shape index (κ3) is 1.35. The van der Waals surface area contributed by atoms with Crippen molar-refractivity contribution in [2.75, 3.05) is 6.61 Å². The summed E-state index contributed by atoms with van der Waals surface area (Å²) < 4.78 is 5.65. The second kappa shape index (κ2) is 3.70. The van der Waals surface area contributed by atoms with E-state index in [0.717, 1.165) is 5.75 Å². The van der Waals surface area contributed by atoms with E-state index < -0.39 is 0 Å². The summed E-state index contributed by atoms with van der Waals surface area (Å²) in [6, 6.07) is 8.18. The Labute approximate surface area is 84.7 Å². The third-order valence-corrected chi connectivity index (χ3v) is 2.54. The van der Waals surface area contributed by atoms with E-state index in [4.69, 9.17) is 4.74 Å². The van der Waals surface area contributed by atoms with Gasteiger partial charge in [0.25, 0.3) is 0 Å². The lowest BCUT2D eigenvalue weighted by molar-refractivity contribution is 0.348. The lowest BCUT2D eigenvalue weighted by Crippen LogP contribution is -2.10. The highest BCUT2D eigenvalue weighted by Crippen LogP contribution is 2.35. The van der Waals surface area contributed by atoms with Crippen molar-refractivity contribution in [3.8, 4) is 5.75 Å². The van der Waals surface area contributed by atoms with Gasteiger partial charge in [-0.15, -0.1) is 0 Å². The standard InChI is InChI=1S/C13H14O/c1-3-10-9-14-13-8-6-5-7-12(13)11(10)4-2/h3-8H,9H2,1-2H3/b10-3-,11-4+. The van der Waals surface area contributed by atoms with E-state index in [0.29, 0.717) is 6.61 Å². The SMILES string of the molecule is C/C=C1/COc2ccccc2/C1=C/C. The van der Waals surface area contributed by atoms with E-state index in [1.54, 1.807) is 0 Å². The van der Waals surface area contributed by atoms with Gasteiger partial charge in [-0.1, -0.05) is 30.4 Å². The van der Waals surface area contributed by atoms with Crippen molar-refractivity contribution in [1.29, 1.82) is 0 Å². The van der Waals surface area contributed by atoms with Crippen molar-refractivity contribution in [2.24, 2.45) is 0 Å². The molecule has 14 heavy (non-hydrogen) atoms. The van der Waals surface area contributed by atoms with Crippen LogP contribution in [0.2, 0.25) is 0 Å². The Morgan fingerprint density at radius 2 is 1.93 bits per heavy atom. The van der Waals surface area contributed by atoms with Crippen LogP contribution in [0.1, 0.15) is 19.4 Å². The molecule has 0 saturated heterocycles. The van der Waals surface area contributed by atoms with Crippen LogP contribution in [0.5, 0.6) is 5.75 Å². The first-order valence-corrected chi connectivity index (χ1v) is 4.91. The van der Waals surface area contributed by atoms with Crippen molar-refractivity contribution >= 4 is 5.57 Å². The number of ether oxygens (including phenoxy) is 1. The molecule has 2 rings (SSSR count). The van der Waals surface area contributed by atoms with Crippen molar-refractivity contribution in [3.63, 3.8) is 0 Å². The zero-order chi connectivity index (χ0) is 9.97. The molecule has 0 radical (unpaired) electrons. The number of rotatable bonds is 0. The predicted octanol–water partition coefficient (Wildman–Crippen LogP) is 3.43. The smallest absolute Gasteiger partial charge is 0.127 e. The Bertz CT molecular complexity index is 399. The van der Waals surface area contributed by atoms with Crippen molar-refractivity contribution < 1.29 is 4.74 Å². The second-order valence-corrected chi connectivity index (χ2v) is 3.30. The topological polar surface area (TPSA) is 9.23 Å². The minimum absolute atomic E-state index is 0.688. The maximum Gasteiger partial charge on any atom is 0.127 e. The van der Waals surface area contributed by atoms with E-state index in [1.807, 2.05) is 18.2 Å². The summed E-state index contributed by atoms with van der Waals surface area (Å²) in [6.07, 6.45) is 4.27. The average Bonchev–Trinajstić information content (AvgIpc) is 2.27. The van der Waals surface area contributed by atoms with Gasteiger partial charge in [0.05, 0.1) is 0 Å². The molecule has 1 heterocycles. The molecule has 1 heteroatoms. The summed E-state index contributed by atoms with van der Waals surface area (Å²) in [5.41, 5.74) is 3.77. The van der Waals surface area contributed by atoms with Gasteiger partial charge in [0.2, 0.25) is 0 Å². The normalized spacial score (nSPS) is 20.7. The zero-order valence-corrected chi connectivity index (χ0v) is 8.58. The highest BCUT2D eigenvalue weighted by molar-refractivity contribution is 5.83. The first-order valence-electron chi connectivity index (χ1n) is 4.91. The molecule has 0 unspecified atom stereocenters. The van der Waals surface area contributed by atoms with Gasteiger partial charge in [0.15, 0.2) is 0 Å². The fraction of sp³-hybridized carbons (Fsp3) is 0.231. The number of benzene rings is 1. The number of hydrogen-bond donors (Lipinski definition) is 0. The van der Waals surface area contributed by atoms with Gasteiger partial charge in [-0.05, 0) is 31.1 Å². The molecule has 0 saturated carbocycles. The maximum absolute atomic E-state index is 5.65. The molecule has 0 aliphatic carbocycles. The Morgan fingerprint density at radius 3 is 2.64 bits per heavy atom. The Morgan fingerprint density at radius 1 is 1.14 bits per heavy atom. The van der Waals surface area contributed by atoms with Gasteiger partial charge in [0, 0.05) is 5.56 Å². The van der Waals surface area contributed by atoms with Gasteiger partial charge in [-0.2, -0.15) is 0 Å². The number of hydrogen-bond acceptors (Lipinski definition) is 1. The second-order valence-electron chi connectivity index (χ2n) is 3.30. The van der Waals surface area contributed by atoms with Crippen LogP contribution in [0, 0.1) is 0 Å². The molecule has 0 fully saturated rings. The Balaban J connectivity index is 2.56. The highest BCUT2D eigenvalue weighted by Gasteiger charge is 2.17. The van der Waals surface area contributed by atoms with E-state index in [1.165, 1.54) is 16.7 Å². The van der Waals surface area contributed by atoms with Crippen molar-refractivity contribution in [3.05, 3.63) is 47.6 Å². The van der Waals surface area contributed by atoms with Gasteiger partial charge < -0.3 is 4.74 Å². The highest BCUT2D eigenvalue weighted by atomic mass is 16.5. The summed E-state index contributed by atoms with van der Waals surface area (Å²) >= 11 is 0. The summed E-state index contributed by atoms with van der Waals surface area (Å²) in [5.74, 6) is 0.992. The summed E-state index contributed by atoms with van der Waals surface area (Å²) in [4.78, 5) is 0. The first kappa shape index (κ1) is 9.07. The van der Waals surface area contributed by atoms with Gasteiger partial charge >= 0.3 is 0 Å². The number of allylic oxidation sites excluding steroid dienone is 2. The molecule has 0 spiro atoms. The molecular weight excluding hydrogens is 172 g/mol. The summed E-state index contributed by atoms with van der Waals surface area (Å²) in [5, 5.41) is 0. The maximum atomic E-state index is 5.65. The quantitative estimate of drug-likeness (QED) is 0.603. The molecule has 72 valence electrons. The van der Waals surface area contributed by atoms with Crippen molar-refractivity contribution in [2.45, 2.75) is 13.8 Å². The lowest BCUT2D eigenvalue weighted by Gasteiger charge is -2.22. The Hall–Kier alpha value is -1.50. The van der Waals surface area contributed by atoms with Crippen LogP contribution in [-0.4, -0.2) is 6.61 Å². The molecule has 0 atom stereocenters. The van der Waals surface area contributed by atoms with Crippen molar-refractivity contribution in [1.82, 2.24) is 0 Å². The predicted molar refractivity (Wildman–Crippen MR) is 59.3 cm³/mol. The van der Waals surface area contributed by atoms with Crippen LogP contribution in [0.25, 0.3) is 5.57 Å². The molecule has 1 nitrogen and oxygen atoms in total. The zero-order valence-electron chi connectivity index (χ0n) is 8.58. The molecule has 1 aromatic carbocycles. The fourth-order valence-electron chi connectivity index (χ4n) is 1.80. The lowest BCUT2D eigenvalue weighted by atomic mass is 9.95. The number of para-hydroxylation sites is 1. The van der Waals surface area contributed by atoms with Crippen LogP contribution in [0.15, 0.2) is 42.0 Å². The molecule has 1 aromatic rings. The van der Waals surface area contributed by atoms with Crippen LogP contribution in [0.3, 0.4) is 0 Å².